The molecule has 1 aliphatic heterocycles. The molecule has 3 rings (SSSR count). The number of nitrogens with zero attached hydrogens (tertiary/aromatic N) is 2. The standard InChI is InChI=1S/C27H30F5N3O5/c1-15-19(10-7-11-21(15)36)23(38)33-20(12-18-8-5-4-6-9-18)22(37)25(40)34-13-26(28,29)17(3)35(14-27(30,31)32)24(39)16(34)2/h4-11,16-17,20,22,36-37H,12-14H2,1-3H3,(H,33,38)/t16-,17?,20-,22-/m0/s1. The molecule has 1 unspecified atom stereocenters. The summed E-state index contributed by atoms with van der Waals surface area (Å²) in [5.41, 5.74) is 0.797. The van der Waals surface area contributed by atoms with E-state index in [4.69, 9.17) is 0 Å². The number of benzene rings is 2. The van der Waals surface area contributed by atoms with Crippen molar-refractivity contribution >= 4 is 17.7 Å². The van der Waals surface area contributed by atoms with Crippen molar-refractivity contribution in [3.63, 3.8) is 0 Å². The zero-order valence-electron chi connectivity index (χ0n) is 22.0. The Bertz CT molecular complexity index is 1240. The number of carbonyl (C=O) groups is 3. The SMILES string of the molecule is Cc1c(O)cccc1C(=O)N[C@@H](Cc1ccccc1)[C@H](O)C(=O)N1CC(F)(F)C(C)N(CC(F)(F)F)C(=O)[C@@H]1C. The van der Waals surface area contributed by atoms with Crippen molar-refractivity contribution in [2.45, 2.75) is 63.5 Å². The van der Waals surface area contributed by atoms with Crippen molar-refractivity contribution in [1.29, 1.82) is 0 Å². The molecule has 0 aliphatic carbocycles. The Kier molecular flexibility index (Phi) is 9.07. The molecule has 3 N–H and O–H groups in total. The van der Waals surface area contributed by atoms with Crippen LogP contribution in [0.2, 0.25) is 0 Å². The lowest BCUT2D eigenvalue weighted by Crippen LogP contribution is -2.57. The molecule has 3 amide bonds. The first kappa shape index (κ1) is 30.8. The van der Waals surface area contributed by atoms with Gasteiger partial charge in [-0.05, 0) is 44.9 Å². The quantitative estimate of drug-likeness (QED) is 0.443. The molecule has 0 radical (unpaired) electrons. The molecular weight excluding hydrogens is 541 g/mol. The van der Waals surface area contributed by atoms with Crippen LogP contribution in [0.25, 0.3) is 0 Å². The normalized spacial score (nSPS) is 21.0. The summed E-state index contributed by atoms with van der Waals surface area (Å²) >= 11 is 0. The van der Waals surface area contributed by atoms with Crippen molar-refractivity contribution < 1.29 is 46.5 Å². The monoisotopic (exact) mass is 571 g/mol. The van der Waals surface area contributed by atoms with Crippen LogP contribution in [-0.4, -0.2) is 87.2 Å². The number of aliphatic hydroxyl groups is 1. The van der Waals surface area contributed by atoms with Gasteiger partial charge in [0.2, 0.25) is 5.91 Å². The van der Waals surface area contributed by atoms with Crippen molar-refractivity contribution in [2.75, 3.05) is 13.1 Å². The van der Waals surface area contributed by atoms with Crippen molar-refractivity contribution in [3.05, 3.63) is 65.2 Å². The van der Waals surface area contributed by atoms with E-state index in [9.17, 15) is 37.8 Å². The van der Waals surface area contributed by atoms with Crippen LogP contribution in [-0.2, 0) is 16.0 Å². The lowest BCUT2D eigenvalue weighted by molar-refractivity contribution is -0.175. The number of carbonyl (C=O) groups excluding carboxylic acids is 3. The van der Waals surface area contributed by atoms with Crippen LogP contribution >= 0.6 is 0 Å². The molecule has 1 fully saturated rings. The van der Waals surface area contributed by atoms with Crippen LogP contribution in [0.1, 0.15) is 35.3 Å². The van der Waals surface area contributed by atoms with Gasteiger partial charge in [-0.25, -0.2) is 8.78 Å². The van der Waals surface area contributed by atoms with Crippen LogP contribution in [0.15, 0.2) is 48.5 Å². The number of alkyl halides is 5. The Morgan fingerprint density at radius 3 is 2.33 bits per heavy atom. The van der Waals surface area contributed by atoms with E-state index in [2.05, 4.69) is 5.32 Å². The molecular formula is C27H30F5N3O5. The summed E-state index contributed by atoms with van der Waals surface area (Å²) in [7, 11) is 0. The van der Waals surface area contributed by atoms with E-state index >= 15 is 8.78 Å². The number of nitrogens with one attached hydrogen (secondary N) is 1. The molecule has 8 nitrogen and oxygen atoms in total. The lowest BCUT2D eigenvalue weighted by Gasteiger charge is -2.33. The molecule has 13 heteroatoms. The largest absolute Gasteiger partial charge is 0.508 e. The number of rotatable bonds is 7. The van der Waals surface area contributed by atoms with Crippen LogP contribution in [0.4, 0.5) is 22.0 Å². The van der Waals surface area contributed by atoms with Gasteiger partial charge in [0.05, 0.1) is 18.6 Å². The number of aromatic hydroxyl groups is 1. The average Bonchev–Trinajstić information content (AvgIpc) is 2.94. The number of halogens is 5. The fraction of sp³-hybridized carbons (Fsp3) is 0.444. The van der Waals surface area contributed by atoms with Crippen LogP contribution in [0.3, 0.4) is 0 Å². The molecule has 1 aliphatic rings. The van der Waals surface area contributed by atoms with E-state index in [0.717, 1.165) is 13.8 Å². The number of phenols is 1. The maximum atomic E-state index is 15.0. The topological polar surface area (TPSA) is 110 Å². The van der Waals surface area contributed by atoms with E-state index in [1.165, 1.54) is 25.1 Å². The minimum Gasteiger partial charge on any atom is -0.508 e. The molecule has 40 heavy (non-hydrogen) atoms. The molecule has 0 aromatic heterocycles. The second-order valence-corrected chi connectivity index (χ2v) is 9.82. The van der Waals surface area contributed by atoms with E-state index in [0.29, 0.717) is 10.5 Å². The van der Waals surface area contributed by atoms with Crippen LogP contribution in [0.5, 0.6) is 5.75 Å². The number of amides is 3. The highest BCUT2D eigenvalue weighted by Crippen LogP contribution is 2.32. The van der Waals surface area contributed by atoms with Crippen molar-refractivity contribution in [1.82, 2.24) is 15.1 Å². The molecule has 0 spiro atoms. The number of aliphatic hydroxyl groups excluding tert-OH is 1. The van der Waals surface area contributed by atoms with Gasteiger partial charge in [0.25, 0.3) is 17.7 Å². The third kappa shape index (κ3) is 6.87. The van der Waals surface area contributed by atoms with E-state index in [-0.39, 0.29) is 28.2 Å². The van der Waals surface area contributed by atoms with E-state index < -0.39 is 67.1 Å². The number of hydrogen-bond donors (Lipinski definition) is 3. The summed E-state index contributed by atoms with van der Waals surface area (Å²) in [5, 5.41) is 23.6. The van der Waals surface area contributed by atoms with E-state index in [1.54, 1.807) is 30.3 Å². The van der Waals surface area contributed by atoms with Gasteiger partial charge in [0.1, 0.15) is 18.3 Å². The van der Waals surface area contributed by atoms with Gasteiger partial charge in [0.15, 0.2) is 6.10 Å². The fourth-order valence-corrected chi connectivity index (χ4v) is 4.53. The minimum atomic E-state index is -4.96. The maximum Gasteiger partial charge on any atom is 0.406 e. The Hall–Kier alpha value is -3.74. The highest BCUT2D eigenvalue weighted by molar-refractivity contribution is 5.97. The molecule has 4 atom stereocenters. The third-order valence-electron chi connectivity index (χ3n) is 7.00. The van der Waals surface area contributed by atoms with Gasteiger partial charge in [-0.1, -0.05) is 36.4 Å². The molecule has 2 aromatic rings. The number of hydrogen-bond acceptors (Lipinski definition) is 5. The summed E-state index contributed by atoms with van der Waals surface area (Å²) in [6, 6.07) is 7.11. The average molecular weight is 572 g/mol. The minimum absolute atomic E-state index is 0.0157. The molecule has 0 saturated carbocycles. The Balaban J connectivity index is 1.94. The zero-order valence-corrected chi connectivity index (χ0v) is 22.0. The van der Waals surface area contributed by atoms with Gasteiger partial charge in [0, 0.05) is 11.1 Å². The fourth-order valence-electron chi connectivity index (χ4n) is 4.53. The first-order valence-corrected chi connectivity index (χ1v) is 12.4. The van der Waals surface area contributed by atoms with Crippen LogP contribution < -0.4 is 5.32 Å². The molecule has 1 saturated heterocycles. The van der Waals surface area contributed by atoms with Crippen LogP contribution in [0, 0.1) is 6.92 Å². The summed E-state index contributed by atoms with van der Waals surface area (Å²) in [6.45, 7) is -0.128. The highest BCUT2D eigenvalue weighted by Gasteiger charge is 2.53. The van der Waals surface area contributed by atoms with E-state index in [1.807, 2.05) is 0 Å². The second kappa shape index (κ2) is 11.8. The Morgan fingerprint density at radius 2 is 1.73 bits per heavy atom. The predicted molar refractivity (Wildman–Crippen MR) is 134 cm³/mol. The van der Waals surface area contributed by atoms with Gasteiger partial charge in [-0.2, -0.15) is 13.2 Å². The Labute approximate surface area is 227 Å². The van der Waals surface area contributed by atoms with Gasteiger partial charge < -0.3 is 25.3 Å². The molecule has 2 aromatic carbocycles. The second-order valence-electron chi connectivity index (χ2n) is 9.82. The molecule has 218 valence electrons. The summed E-state index contributed by atoms with van der Waals surface area (Å²) in [5.74, 6) is -7.63. The predicted octanol–water partition coefficient (Wildman–Crippen LogP) is 3.05. The first-order valence-electron chi connectivity index (χ1n) is 12.4. The zero-order chi connectivity index (χ0) is 30.0. The van der Waals surface area contributed by atoms with Crippen molar-refractivity contribution in [3.8, 4) is 5.75 Å². The lowest BCUT2D eigenvalue weighted by atomic mass is 9.98. The number of phenolic OH excluding ortho intramolecular Hbond substituents is 1. The summed E-state index contributed by atoms with van der Waals surface area (Å²) < 4.78 is 69.4. The van der Waals surface area contributed by atoms with Gasteiger partial charge in [-0.3, -0.25) is 14.4 Å². The maximum absolute atomic E-state index is 15.0. The smallest absolute Gasteiger partial charge is 0.406 e. The van der Waals surface area contributed by atoms with Gasteiger partial charge >= 0.3 is 6.18 Å². The summed E-state index contributed by atoms with van der Waals surface area (Å²) in [4.78, 5) is 39.7. The molecule has 1 heterocycles. The molecule has 0 bridgehead atoms. The summed E-state index contributed by atoms with van der Waals surface area (Å²) in [6.07, 6.45) is -7.26. The third-order valence-corrected chi connectivity index (χ3v) is 7.00. The van der Waals surface area contributed by atoms with Crippen molar-refractivity contribution in [2.24, 2.45) is 0 Å². The Morgan fingerprint density at radius 1 is 1.10 bits per heavy atom. The first-order chi connectivity index (χ1) is 18.5. The van der Waals surface area contributed by atoms with Gasteiger partial charge in [-0.15, -0.1) is 0 Å². The highest BCUT2D eigenvalue weighted by atomic mass is 19.4.